The SMILES string of the molecule is C1=CC(/C=C/c2cccs2)=CCC1.CC.CCOCCOC(C)=O. The molecule has 0 N–H and O–H groups in total. The number of thiophene rings is 1. The van der Waals surface area contributed by atoms with Gasteiger partial charge in [0.1, 0.15) is 6.61 Å². The molecule has 0 spiro atoms. The third kappa shape index (κ3) is 12.9. The van der Waals surface area contributed by atoms with Crippen LogP contribution in [-0.2, 0) is 14.3 Å². The summed E-state index contributed by atoms with van der Waals surface area (Å²) in [7, 11) is 0. The molecule has 0 bridgehead atoms. The van der Waals surface area contributed by atoms with E-state index in [9.17, 15) is 4.79 Å². The predicted octanol–water partition coefficient (Wildman–Crippen LogP) is 5.65. The molecule has 0 aromatic carbocycles. The molecule has 3 nitrogen and oxygen atoms in total. The zero-order valence-corrected chi connectivity index (χ0v) is 16.1. The van der Waals surface area contributed by atoms with Crippen molar-refractivity contribution in [3.05, 3.63) is 52.3 Å². The number of ether oxygens (including phenoxy) is 2. The minimum Gasteiger partial charge on any atom is -0.463 e. The lowest BCUT2D eigenvalue weighted by Gasteiger charge is -1.99. The summed E-state index contributed by atoms with van der Waals surface area (Å²) in [6.45, 7) is 8.81. The molecule has 134 valence electrons. The normalized spacial score (nSPS) is 12.6. The summed E-state index contributed by atoms with van der Waals surface area (Å²) in [6.07, 6.45) is 13.4. The Labute approximate surface area is 150 Å². The smallest absolute Gasteiger partial charge is 0.302 e. The summed E-state index contributed by atoms with van der Waals surface area (Å²) in [5.41, 5.74) is 1.33. The van der Waals surface area contributed by atoms with Crippen LogP contribution in [0.25, 0.3) is 6.08 Å². The molecule has 0 radical (unpaired) electrons. The summed E-state index contributed by atoms with van der Waals surface area (Å²) in [6, 6.07) is 4.21. The van der Waals surface area contributed by atoms with E-state index in [1.165, 1.54) is 30.2 Å². The Bertz CT molecular complexity index is 499. The maximum Gasteiger partial charge on any atom is 0.302 e. The van der Waals surface area contributed by atoms with E-state index in [1.54, 1.807) is 11.3 Å². The predicted molar refractivity (Wildman–Crippen MR) is 104 cm³/mol. The van der Waals surface area contributed by atoms with Crippen molar-refractivity contribution in [3.8, 4) is 0 Å². The molecule has 24 heavy (non-hydrogen) atoms. The van der Waals surface area contributed by atoms with Gasteiger partial charge in [-0.15, -0.1) is 11.3 Å². The first-order valence-electron chi connectivity index (χ1n) is 8.51. The Morgan fingerprint density at radius 2 is 2.04 bits per heavy atom. The molecule has 0 unspecified atom stereocenters. The maximum absolute atomic E-state index is 10.1. The van der Waals surface area contributed by atoms with Crippen molar-refractivity contribution in [1.29, 1.82) is 0 Å². The molecule has 0 saturated heterocycles. The molecule has 0 aliphatic heterocycles. The number of rotatable bonds is 6. The van der Waals surface area contributed by atoms with E-state index in [4.69, 9.17) is 4.74 Å². The fourth-order valence-electron chi connectivity index (χ4n) is 1.71. The summed E-state index contributed by atoms with van der Waals surface area (Å²) in [5, 5.41) is 2.10. The standard InChI is InChI=1S/C12H12S.C6H12O3.C2H6/c1-2-5-11(6-3-1)8-9-12-7-4-10-13-12;1-3-8-4-5-9-6(2)7;1-2/h2,4-10H,1,3H2;3-5H2,1-2H3;1-2H3/b9-8+;;. The zero-order chi connectivity index (χ0) is 18.0. The lowest BCUT2D eigenvalue weighted by atomic mass is 10.1. The van der Waals surface area contributed by atoms with E-state index < -0.39 is 0 Å². The average molecular weight is 351 g/mol. The Hall–Kier alpha value is -1.65. The molecule has 0 atom stereocenters. The summed E-state index contributed by atoms with van der Waals surface area (Å²) < 4.78 is 9.49. The first-order valence-corrected chi connectivity index (χ1v) is 9.39. The lowest BCUT2D eigenvalue weighted by Crippen LogP contribution is -2.06. The first kappa shape index (κ1) is 22.4. The number of esters is 1. The van der Waals surface area contributed by atoms with Crippen molar-refractivity contribution in [1.82, 2.24) is 0 Å². The Morgan fingerprint density at radius 3 is 2.58 bits per heavy atom. The van der Waals surface area contributed by atoms with Crippen LogP contribution in [0.5, 0.6) is 0 Å². The molecule has 0 fully saturated rings. The molecule has 1 heterocycles. The Morgan fingerprint density at radius 1 is 1.25 bits per heavy atom. The minimum absolute atomic E-state index is 0.255. The van der Waals surface area contributed by atoms with Gasteiger partial charge in [-0.2, -0.15) is 0 Å². The molecule has 2 rings (SSSR count). The Balaban J connectivity index is 0.000000426. The van der Waals surface area contributed by atoms with E-state index in [-0.39, 0.29) is 5.97 Å². The van der Waals surface area contributed by atoms with Crippen molar-refractivity contribution in [2.24, 2.45) is 0 Å². The number of allylic oxidation sites excluding steroid dienone is 5. The van der Waals surface area contributed by atoms with Gasteiger partial charge in [0, 0.05) is 18.4 Å². The van der Waals surface area contributed by atoms with Gasteiger partial charge in [0.05, 0.1) is 6.61 Å². The van der Waals surface area contributed by atoms with E-state index in [0.717, 1.165) is 0 Å². The van der Waals surface area contributed by atoms with Gasteiger partial charge in [-0.05, 0) is 42.9 Å². The molecular weight excluding hydrogens is 320 g/mol. The van der Waals surface area contributed by atoms with Crippen LogP contribution in [0.3, 0.4) is 0 Å². The second-order valence-electron chi connectivity index (χ2n) is 4.57. The van der Waals surface area contributed by atoms with Gasteiger partial charge in [-0.1, -0.05) is 44.2 Å². The number of carbonyl (C=O) groups is 1. The van der Waals surface area contributed by atoms with Gasteiger partial charge in [-0.25, -0.2) is 0 Å². The van der Waals surface area contributed by atoms with Gasteiger partial charge < -0.3 is 9.47 Å². The molecule has 1 aliphatic carbocycles. The second kappa shape index (κ2) is 16.2. The third-order valence-electron chi connectivity index (χ3n) is 2.74. The lowest BCUT2D eigenvalue weighted by molar-refractivity contribution is -0.142. The number of carbonyl (C=O) groups excluding carboxylic acids is 1. The summed E-state index contributed by atoms with van der Waals surface area (Å²) in [5.74, 6) is -0.255. The quantitative estimate of drug-likeness (QED) is 0.491. The highest BCUT2D eigenvalue weighted by molar-refractivity contribution is 7.10. The van der Waals surface area contributed by atoms with Crippen LogP contribution < -0.4 is 0 Å². The highest BCUT2D eigenvalue weighted by Crippen LogP contribution is 2.15. The van der Waals surface area contributed by atoms with Crippen LogP contribution in [0.15, 0.2) is 47.4 Å². The minimum atomic E-state index is -0.255. The fourth-order valence-corrected chi connectivity index (χ4v) is 2.33. The number of hydrogen-bond donors (Lipinski definition) is 0. The maximum atomic E-state index is 10.1. The molecule has 4 heteroatoms. The fraction of sp³-hybridized carbons (Fsp3) is 0.450. The largest absolute Gasteiger partial charge is 0.463 e. The van der Waals surface area contributed by atoms with Gasteiger partial charge in [0.25, 0.3) is 0 Å². The highest BCUT2D eigenvalue weighted by atomic mass is 32.1. The Kier molecular flexibility index (Phi) is 15.1. The average Bonchev–Trinajstić information content (AvgIpc) is 3.14. The third-order valence-corrected chi connectivity index (χ3v) is 3.58. The van der Waals surface area contributed by atoms with Gasteiger partial charge in [0.2, 0.25) is 0 Å². The van der Waals surface area contributed by atoms with Crippen LogP contribution in [0, 0.1) is 0 Å². The second-order valence-corrected chi connectivity index (χ2v) is 5.55. The number of hydrogen-bond acceptors (Lipinski definition) is 4. The molecule has 0 amide bonds. The first-order chi connectivity index (χ1) is 11.7. The van der Waals surface area contributed by atoms with Crippen molar-refractivity contribution < 1.29 is 14.3 Å². The topological polar surface area (TPSA) is 35.5 Å². The highest BCUT2D eigenvalue weighted by Gasteiger charge is 1.92. The van der Waals surface area contributed by atoms with Crippen molar-refractivity contribution in [2.75, 3.05) is 19.8 Å². The van der Waals surface area contributed by atoms with Gasteiger partial charge >= 0.3 is 5.97 Å². The van der Waals surface area contributed by atoms with Crippen LogP contribution in [0.1, 0.15) is 45.4 Å². The molecular formula is C20H30O3S. The van der Waals surface area contributed by atoms with E-state index in [0.29, 0.717) is 19.8 Å². The van der Waals surface area contributed by atoms with Crippen LogP contribution in [0.2, 0.25) is 0 Å². The van der Waals surface area contributed by atoms with Crippen molar-refractivity contribution >= 4 is 23.4 Å². The molecule has 1 aromatic heterocycles. The molecule has 0 saturated carbocycles. The molecule has 1 aromatic rings. The van der Waals surface area contributed by atoms with Crippen molar-refractivity contribution in [2.45, 2.75) is 40.5 Å². The van der Waals surface area contributed by atoms with E-state index in [2.05, 4.69) is 52.6 Å². The van der Waals surface area contributed by atoms with Gasteiger partial charge in [0.15, 0.2) is 0 Å². The zero-order valence-electron chi connectivity index (χ0n) is 15.3. The van der Waals surface area contributed by atoms with Crippen molar-refractivity contribution in [3.63, 3.8) is 0 Å². The van der Waals surface area contributed by atoms with Crippen LogP contribution in [-0.4, -0.2) is 25.8 Å². The van der Waals surface area contributed by atoms with Crippen LogP contribution >= 0.6 is 11.3 Å². The summed E-state index contributed by atoms with van der Waals surface area (Å²) in [4.78, 5) is 11.4. The van der Waals surface area contributed by atoms with E-state index in [1.807, 2.05) is 20.8 Å². The van der Waals surface area contributed by atoms with E-state index >= 15 is 0 Å². The molecule has 1 aliphatic rings. The van der Waals surface area contributed by atoms with Crippen LogP contribution in [0.4, 0.5) is 0 Å². The summed E-state index contributed by atoms with van der Waals surface area (Å²) >= 11 is 1.77. The monoisotopic (exact) mass is 350 g/mol. The van der Waals surface area contributed by atoms with Gasteiger partial charge in [-0.3, -0.25) is 4.79 Å².